The standard InChI is InChI=1S/C14H12BrClF2N2/c15-10-5-2-4-9(14(10)18)12(20-19)7-8-3-1-6-11(16)13(8)17/h1-6,12,20H,7,19H2. The molecule has 0 saturated carbocycles. The summed E-state index contributed by atoms with van der Waals surface area (Å²) in [7, 11) is 0. The Balaban J connectivity index is 2.34. The summed E-state index contributed by atoms with van der Waals surface area (Å²) in [4.78, 5) is 0. The lowest BCUT2D eigenvalue weighted by atomic mass is 9.98. The molecule has 0 bridgehead atoms. The van der Waals surface area contributed by atoms with Gasteiger partial charge in [0.2, 0.25) is 0 Å². The van der Waals surface area contributed by atoms with Crippen molar-refractivity contribution in [3.05, 3.63) is 68.7 Å². The second-order valence-electron chi connectivity index (χ2n) is 4.28. The first-order valence-corrected chi connectivity index (χ1v) is 7.04. The van der Waals surface area contributed by atoms with Gasteiger partial charge in [-0.3, -0.25) is 11.3 Å². The summed E-state index contributed by atoms with van der Waals surface area (Å²) < 4.78 is 28.3. The molecule has 0 amide bonds. The van der Waals surface area contributed by atoms with Crippen LogP contribution in [-0.4, -0.2) is 0 Å². The van der Waals surface area contributed by atoms with Crippen LogP contribution in [0.4, 0.5) is 8.78 Å². The smallest absolute Gasteiger partial charge is 0.145 e. The summed E-state index contributed by atoms with van der Waals surface area (Å²) in [5, 5.41) is 0.0352. The molecule has 2 aromatic carbocycles. The number of rotatable bonds is 4. The maximum atomic E-state index is 14.1. The van der Waals surface area contributed by atoms with Gasteiger partial charge in [0.15, 0.2) is 0 Å². The fourth-order valence-corrected chi connectivity index (χ4v) is 2.55. The van der Waals surface area contributed by atoms with Crippen LogP contribution in [-0.2, 0) is 6.42 Å². The SMILES string of the molecule is NNC(Cc1cccc(Cl)c1F)c1cccc(Br)c1F. The normalized spacial score (nSPS) is 12.4. The minimum absolute atomic E-state index is 0.0352. The molecule has 0 aliphatic heterocycles. The van der Waals surface area contributed by atoms with Gasteiger partial charge in [0.1, 0.15) is 11.6 Å². The molecule has 3 N–H and O–H groups in total. The van der Waals surface area contributed by atoms with Gasteiger partial charge < -0.3 is 0 Å². The molecule has 2 nitrogen and oxygen atoms in total. The zero-order chi connectivity index (χ0) is 14.7. The summed E-state index contributed by atoms with van der Waals surface area (Å²) in [6, 6.07) is 9.04. The fraction of sp³-hybridized carbons (Fsp3) is 0.143. The van der Waals surface area contributed by atoms with Gasteiger partial charge in [0, 0.05) is 5.56 Å². The van der Waals surface area contributed by atoms with Gasteiger partial charge in [-0.15, -0.1) is 0 Å². The lowest BCUT2D eigenvalue weighted by Gasteiger charge is -2.18. The summed E-state index contributed by atoms with van der Waals surface area (Å²) in [5.41, 5.74) is 3.25. The van der Waals surface area contributed by atoms with Gasteiger partial charge >= 0.3 is 0 Å². The van der Waals surface area contributed by atoms with E-state index in [4.69, 9.17) is 17.4 Å². The first kappa shape index (κ1) is 15.4. The third-order valence-electron chi connectivity index (χ3n) is 3.01. The Morgan fingerprint density at radius 2 is 1.85 bits per heavy atom. The predicted octanol–water partition coefficient (Wildman–Crippen LogP) is 4.13. The molecular weight excluding hydrogens is 350 g/mol. The summed E-state index contributed by atoms with van der Waals surface area (Å²) in [6.45, 7) is 0. The van der Waals surface area contributed by atoms with Gasteiger partial charge in [0.05, 0.1) is 15.5 Å². The molecule has 0 heterocycles. The summed E-state index contributed by atoms with van der Waals surface area (Å²) in [5.74, 6) is 4.54. The van der Waals surface area contributed by atoms with Gasteiger partial charge in [-0.2, -0.15) is 0 Å². The van der Waals surface area contributed by atoms with Crippen LogP contribution in [0.15, 0.2) is 40.9 Å². The van der Waals surface area contributed by atoms with Crippen molar-refractivity contribution in [3.63, 3.8) is 0 Å². The Hall–Kier alpha value is -1.01. The van der Waals surface area contributed by atoms with E-state index in [1.807, 2.05) is 0 Å². The average molecular weight is 362 g/mol. The molecule has 0 aliphatic carbocycles. The molecule has 106 valence electrons. The largest absolute Gasteiger partial charge is 0.271 e. The fourth-order valence-electron chi connectivity index (χ4n) is 1.97. The monoisotopic (exact) mass is 360 g/mol. The van der Waals surface area contributed by atoms with Crippen LogP contribution in [0.1, 0.15) is 17.2 Å². The first-order valence-electron chi connectivity index (χ1n) is 5.87. The first-order chi connectivity index (χ1) is 9.54. The van der Waals surface area contributed by atoms with E-state index in [0.717, 1.165) is 0 Å². The Morgan fingerprint density at radius 1 is 1.15 bits per heavy atom. The van der Waals surface area contributed by atoms with Crippen molar-refractivity contribution >= 4 is 27.5 Å². The molecule has 1 atom stereocenters. The van der Waals surface area contributed by atoms with Crippen molar-refractivity contribution in [2.75, 3.05) is 0 Å². The quantitative estimate of drug-likeness (QED) is 0.635. The Kier molecular flexibility index (Phi) is 5.10. The number of halogens is 4. The molecule has 6 heteroatoms. The van der Waals surface area contributed by atoms with E-state index < -0.39 is 17.7 Å². The molecular formula is C14H12BrClF2N2. The Morgan fingerprint density at radius 3 is 2.55 bits per heavy atom. The number of hydrogen-bond acceptors (Lipinski definition) is 2. The lowest BCUT2D eigenvalue weighted by Crippen LogP contribution is -2.30. The van der Waals surface area contributed by atoms with Gasteiger partial charge in [0.25, 0.3) is 0 Å². The van der Waals surface area contributed by atoms with Crippen LogP contribution < -0.4 is 11.3 Å². The van der Waals surface area contributed by atoms with Crippen molar-refractivity contribution in [1.82, 2.24) is 5.43 Å². The van der Waals surface area contributed by atoms with Crippen molar-refractivity contribution in [1.29, 1.82) is 0 Å². The predicted molar refractivity (Wildman–Crippen MR) is 79.3 cm³/mol. The highest BCUT2D eigenvalue weighted by molar-refractivity contribution is 9.10. The van der Waals surface area contributed by atoms with E-state index in [9.17, 15) is 8.78 Å². The number of nitrogens with one attached hydrogen (secondary N) is 1. The Labute approximate surface area is 129 Å². The molecule has 2 aromatic rings. The van der Waals surface area contributed by atoms with E-state index in [1.54, 1.807) is 30.3 Å². The minimum atomic E-state index is -0.555. The van der Waals surface area contributed by atoms with Crippen LogP contribution in [0, 0.1) is 11.6 Å². The van der Waals surface area contributed by atoms with Crippen LogP contribution in [0.5, 0.6) is 0 Å². The van der Waals surface area contributed by atoms with Gasteiger partial charge in [-0.25, -0.2) is 8.78 Å². The zero-order valence-corrected chi connectivity index (χ0v) is 12.7. The maximum absolute atomic E-state index is 14.1. The summed E-state index contributed by atoms with van der Waals surface area (Å²) in [6.07, 6.45) is 0.191. The van der Waals surface area contributed by atoms with Crippen LogP contribution in [0.3, 0.4) is 0 Å². The molecule has 0 aliphatic rings. The highest BCUT2D eigenvalue weighted by atomic mass is 79.9. The molecule has 0 aromatic heterocycles. The highest BCUT2D eigenvalue weighted by Gasteiger charge is 2.19. The molecule has 1 unspecified atom stereocenters. The number of nitrogens with two attached hydrogens (primary N) is 1. The van der Waals surface area contributed by atoms with E-state index in [1.165, 1.54) is 6.07 Å². The number of benzene rings is 2. The zero-order valence-electron chi connectivity index (χ0n) is 10.3. The molecule has 0 fully saturated rings. The van der Waals surface area contributed by atoms with E-state index in [0.29, 0.717) is 15.6 Å². The molecule has 0 spiro atoms. The highest BCUT2D eigenvalue weighted by Crippen LogP contribution is 2.27. The van der Waals surface area contributed by atoms with Crippen LogP contribution >= 0.6 is 27.5 Å². The van der Waals surface area contributed by atoms with Crippen LogP contribution in [0.2, 0.25) is 5.02 Å². The van der Waals surface area contributed by atoms with Crippen molar-refractivity contribution in [2.24, 2.45) is 5.84 Å². The third-order valence-corrected chi connectivity index (χ3v) is 3.92. The van der Waals surface area contributed by atoms with Crippen LogP contribution in [0.25, 0.3) is 0 Å². The molecule has 0 saturated heterocycles. The van der Waals surface area contributed by atoms with Gasteiger partial charge in [-0.1, -0.05) is 35.9 Å². The van der Waals surface area contributed by atoms with Crippen molar-refractivity contribution < 1.29 is 8.78 Å². The minimum Gasteiger partial charge on any atom is -0.271 e. The third kappa shape index (κ3) is 3.17. The van der Waals surface area contributed by atoms with E-state index >= 15 is 0 Å². The van der Waals surface area contributed by atoms with Crippen molar-refractivity contribution in [3.8, 4) is 0 Å². The van der Waals surface area contributed by atoms with Crippen molar-refractivity contribution in [2.45, 2.75) is 12.5 Å². The Bertz CT molecular complexity index is 622. The van der Waals surface area contributed by atoms with E-state index in [-0.39, 0.29) is 11.4 Å². The second kappa shape index (κ2) is 6.63. The van der Waals surface area contributed by atoms with E-state index in [2.05, 4.69) is 21.4 Å². The molecule has 20 heavy (non-hydrogen) atoms. The topological polar surface area (TPSA) is 38.0 Å². The summed E-state index contributed by atoms with van der Waals surface area (Å²) >= 11 is 8.85. The maximum Gasteiger partial charge on any atom is 0.145 e. The average Bonchev–Trinajstić information content (AvgIpc) is 2.44. The molecule has 0 radical (unpaired) electrons. The number of hydrogen-bond donors (Lipinski definition) is 2. The number of hydrazine groups is 1. The molecule has 2 rings (SSSR count). The van der Waals surface area contributed by atoms with Gasteiger partial charge in [-0.05, 0) is 40.0 Å². The lowest BCUT2D eigenvalue weighted by molar-refractivity contribution is 0.497. The second-order valence-corrected chi connectivity index (χ2v) is 5.54.